The number of hydrogen-bond donors (Lipinski definition) is 3. The highest BCUT2D eigenvalue weighted by Crippen LogP contribution is 2.10. The van der Waals surface area contributed by atoms with Crippen molar-refractivity contribution in [2.75, 3.05) is 5.73 Å². The topological polar surface area (TPSA) is 110 Å². The van der Waals surface area contributed by atoms with Gasteiger partial charge in [-0.1, -0.05) is 12.1 Å². The van der Waals surface area contributed by atoms with Crippen LogP contribution >= 0.6 is 15.9 Å². The number of nitrogens with one attached hydrogen (secondary N) is 2. The molecule has 2 rings (SSSR count). The number of carbonyl (C=O) groups excluding carboxylic acids is 2. The van der Waals surface area contributed by atoms with Crippen LogP contribution in [0.3, 0.4) is 0 Å². The predicted octanol–water partition coefficient (Wildman–Crippen LogP) is 1.04. The Hall–Kier alpha value is -2.55. The number of rotatable bonds is 2. The highest BCUT2D eigenvalue weighted by molar-refractivity contribution is 9.10. The molecule has 7 nitrogen and oxygen atoms in total. The summed E-state index contributed by atoms with van der Waals surface area (Å²) in [4.78, 5) is 31.1. The maximum absolute atomic E-state index is 13.4. The highest BCUT2D eigenvalue weighted by atomic mass is 79.9. The van der Waals surface area contributed by atoms with E-state index in [1.54, 1.807) is 0 Å². The minimum Gasteiger partial charge on any atom is -0.382 e. The molecule has 2 aromatic rings. The number of benzene rings is 1. The summed E-state index contributed by atoms with van der Waals surface area (Å²) in [6.45, 7) is 0. The summed E-state index contributed by atoms with van der Waals surface area (Å²) in [5.41, 5.74) is 9.28. The van der Waals surface area contributed by atoms with Gasteiger partial charge in [-0.05, 0) is 28.1 Å². The number of nitrogens with zero attached hydrogens (tertiary/aromatic N) is 2. The number of anilines is 1. The Balaban J connectivity index is 2.06. The first kappa shape index (κ1) is 14.9. The van der Waals surface area contributed by atoms with Crippen LogP contribution in [0.2, 0.25) is 0 Å². The first-order valence-corrected chi connectivity index (χ1v) is 6.41. The van der Waals surface area contributed by atoms with Gasteiger partial charge in [0.25, 0.3) is 11.8 Å². The molecule has 0 unspecified atom stereocenters. The third-order valence-corrected chi connectivity index (χ3v) is 2.78. The molecule has 0 atom stereocenters. The molecule has 1 heterocycles. The van der Waals surface area contributed by atoms with Crippen molar-refractivity contribution in [3.63, 3.8) is 0 Å². The summed E-state index contributed by atoms with van der Waals surface area (Å²) < 4.78 is 13.7. The van der Waals surface area contributed by atoms with Crippen LogP contribution in [0.5, 0.6) is 0 Å². The second-order valence-corrected chi connectivity index (χ2v) is 4.63. The van der Waals surface area contributed by atoms with E-state index in [9.17, 15) is 14.0 Å². The molecule has 0 spiro atoms. The van der Waals surface area contributed by atoms with Crippen molar-refractivity contribution in [2.45, 2.75) is 0 Å². The lowest BCUT2D eigenvalue weighted by molar-refractivity contribution is 0.0842. The molecular formula is C12H9BrFN5O2. The average Bonchev–Trinajstić information content (AvgIpc) is 2.47. The number of aromatic nitrogens is 2. The van der Waals surface area contributed by atoms with Crippen LogP contribution in [0.4, 0.5) is 10.2 Å². The van der Waals surface area contributed by atoms with Gasteiger partial charge in [-0.3, -0.25) is 20.4 Å². The van der Waals surface area contributed by atoms with Crippen LogP contribution in [0, 0.1) is 5.82 Å². The normalized spacial score (nSPS) is 10.0. The maximum Gasteiger partial charge on any atom is 0.292 e. The Morgan fingerprint density at radius 3 is 2.57 bits per heavy atom. The second-order valence-electron chi connectivity index (χ2n) is 3.81. The molecule has 108 valence electrons. The van der Waals surface area contributed by atoms with Crippen LogP contribution < -0.4 is 16.6 Å². The van der Waals surface area contributed by atoms with Gasteiger partial charge in [0.15, 0.2) is 11.5 Å². The Bertz CT molecular complexity index is 710. The van der Waals surface area contributed by atoms with Crippen molar-refractivity contribution in [2.24, 2.45) is 0 Å². The van der Waals surface area contributed by atoms with Gasteiger partial charge in [-0.25, -0.2) is 14.4 Å². The van der Waals surface area contributed by atoms with Gasteiger partial charge in [0.2, 0.25) is 0 Å². The number of nitrogen functional groups attached to an aromatic ring is 1. The first-order chi connectivity index (χ1) is 9.99. The van der Waals surface area contributed by atoms with E-state index in [2.05, 4.69) is 36.7 Å². The fourth-order valence-corrected chi connectivity index (χ4v) is 1.71. The molecule has 0 radical (unpaired) electrons. The Morgan fingerprint density at radius 1 is 1.19 bits per heavy atom. The van der Waals surface area contributed by atoms with Crippen LogP contribution in [0.15, 0.2) is 35.1 Å². The van der Waals surface area contributed by atoms with Gasteiger partial charge in [-0.15, -0.1) is 0 Å². The van der Waals surface area contributed by atoms with Gasteiger partial charge in [0.1, 0.15) is 10.4 Å². The molecule has 0 saturated carbocycles. The fourth-order valence-electron chi connectivity index (χ4n) is 1.43. The number of nitrogens with two attached hydrogens (primary N) is 1. The van der Waals surface area contributed by atoms with E-state index in [4.69, 9.17) is 5.73 Å². The first-order valence-electron chi connectivity index (χ1n) is 5.62. The summed E-state index contributed by atoms with van der Waals surface area (Å²) >= 11 is 3.04. The maximum atomic E-state index is 13.4. The molecule has 0 fully saturated rings. The summed E-state index contributed by atoms with van der Waals surface area (Å²) in [5, 5.41) is 0. The van der Waals surface area contributed by atoms with E-state index in [0.29, 0.717) is 4.60 Å². The van der Waals surface area contributed by atoms with Crippen molar-refractivity contribution >= 4 is 33.6 Å². The molecule has 4 N–H and O–H groups in total. The zero-order valence-electron chi connectivity index (χ0n) is 10.4. The summed E-state index contributed by atoms with van der Waals surface area (Å²) in [5.74, 6) is -2.38. The molecule has 0 bridgehead atoms. The molecule has 0 aliphatic rings. The van der Waals surface area contributed by atoms with E-state index in [-0.39, 0.29) is 17.1 Å². The van der Waals surface area contributed by atoms with Crippen molar-refractivity contribution in [1.29, 1.82) is 0 Å². The average molecular weight is 354 g/mol. The number of carbonyl (C=O) groups is 2. The van der Waals surface area contributed by atoms with Crippen molar-refractivity contribution in [1.82, 2.24) is 20.8 Å². The number of hydrogen-bond acceptors (Lipinski definition) is 5. The van der Waals surface area contributed by atoms with Crippen LogP contribution in [-0.4, -0.2) is 21.8 Å². The molecule has 0 aliphatic carbocycles. The number of hydrazine groups is 1. The Labute approximate surface area is 126 Å². The fraction of sp³-hybridized carbons (Fsp3) is 0. The summed E-state index contributed by atoms with van der Waals surface area (Å²) in [7, 11) is 0. The zero-order valence-corrected chi connectivity index (χ0v) is 12.0. The molecule has 1 aromatic heterocycles. The molecule has 0 saturated heterocycles. The van der Waals surface area contributed by atoms with E-state index in [1.807, 2.05) is 0 Å². The van der Waals surface area contributed by atoms with Gasteiger partial charge >= 0.3 is 0 Å². The Morgan fingerprint density at radius 2 is 1.86 bits per heavy atom. The van der Waals surface area contributed by atoms with Gasteiger partial charge in [0, 0.05) is 0 Å². The summed E-state index contributed by atoms with van der Waals surface area (Å²) in [6.07, 6.45) is 1.32. The minimum absolute atomic E-state index is 0.101. The van der Waals surface area contributed by atoms with Crippen molar-refractivity contribution in [3.05, 3.63) is 52.1 Å². The summed E-state index contributed by atoms with van der Waals surface area (Å²) in [6, 6.07) is 5.36. The van der Waals surface area contributed by atoms with E-state index >= 15 is 0 Å². The van der Waals surface area contributed by atoms with E-state index in [0.717, 1.165) is 6.07 Å². The van der Waals surface area contributed by atoms with Crippen LogP contribution in [0.1, 0.15) is 20.8 Å². The monoisotopic (exact) mass is 353 g/mol. The number of halogens is 2. The predicted molar refractivity (Wildman–Crippen MR) is 75.5 cm³/mol. The third kappa shape index (κ3) is 3.51. The molecule has 0 aliphatic heterocycles. The molecule has 1 aromatic carbocycles. The quantitative estimate of drug-likeness (QED) is 0.698. The van der Waals surface area contributed by atoms with Gasteiger partial charge < -0.3 is 5.73 Å². The third-order valence-electron chi connectivity index (χ3n) is 2.39. The molecule has 9 heteroatoms. The molecule has 21 heavy (non-hydrogen) atoms. The molecular weight excluding hydrogens is 345 g/mol. The molecule has 2 amide bonds. The lowest BCUT2D eigenvalue weighted by Gasteiger charge is -2.08. The van der Waals surface area contributed by atoms with E-state index in [1.165, 1.54) is 24.4 Å². The smallest absolute Gasteiger partial charge is 0.292 e. The lowest BCUT2D eigenvalue weighted by atomic mass is 10.2. The highest BCUT2D eigenvalue weighted by Gasteiger charge is 2.16. The lowest BCUT2D eigenvalue weighted by Crippen LogP contribution is -2.42. The van der Waals surface area contributed by atoms with Gasteiger partial charge in [0.05, 0.1) is 11.8 Å². The standard InChI is InChI=1S/C12H9BrFN5O2/c13-8-5-16-10(15)9(17-8)12(21)19-18-11(20)6-3-1-2-4-7(6)14/h1-5H,(H2,15,16)(H,18,20)(H,19,21). The largest absolute Gasteiger partial charge is 0.382 e. The Kier molecular flexibility index (Phi) is 4.43. The van der Waals surface area contributed by atoms with Crippen molar-refractivity contribution < 1.29 is 14.0 Å². The second kappa shape index (κ2) is 6.27. The number of amides is 2. The zero-order chi connectivity index (χ0) is 15.4. The van der Waals surface area contributed by atoms with Crippen LogP contribution in [0.25, 0.3) is 0 Å². The SMILES string of the molecule is Nc1ncc(Br)nc1C(=O)NNC(=O)c1ccccc1F. The van der Waals surface area contributed by atoms with Gasteiger partial charge in [-0.2, -0.15) is 0 Å². The van der Waals surface area contributed by atoms with Crippen LogP contribution in [-0.2, 0) is 0 Å². The minimum atomic E-state index is -0.803. The van der Waals surface area contributed by atoms with Crippen molar-refractivity contribution in [3.8, 4) is 0 Å². The van der Waals surface area contributed by atoms with E-state index < -0.39 is 17.6 Å².